The van der Waals surface area contributed by atoms with Crippen LogP contribution in [0.15, 0.2) is 17.0 Å². The minimum Gasteiger partial charge on any atom is -0.333 e. The molecule has 0 aromatic heterocycles. The van der Waals surface area contributed by atoms with E-state index in [0.717, 1.165) is 13.1 Å². The van der Waals surface area contributed by atoms with E-state index in [2.05, 4.69) is 0 Å². The molecule has 0 aliphatic rings. The molecule has 0 spiro atoms. The van der Waals surface area contributed by atoms with Crippen LogP contribution >= 0.6 is 10.7 Å². The molecule has 4 nitrogen and oxygen atoms in total. The van der Waals surface area contributed by atoms with Crippen LogP contribution in [0, 0.1) is 13.8 Å². The molecule has 0 aliphatic heterocycles. The number of hydrogen-bond acceptors (Lipinski definition) is 3. The number of rotatable bonds is 3. The second-order valence-corrected chi connectivity index (χ2v) is 7.19. The summed E-state index contributed by atoms with van der Waals surface area (Å²) in [6, 6.07) is 2.25. The van der Waals surface area contributed by atoms with Crippen LogP contribution in [0.5, 0.6) is 0 Å². The number of carbonyl (C=O) groups excluding carboxylic acids is 1. The second-order valence-electron chi connectivity index (χ2n) is 4.63. The van der Waals surface area contributed by atoms with Crippen LogP contribution in [0.3, 0.4) is 0 Å². The lowest BCUT2D eigenvalue weighted by atomic mass is 10.0. The number of amides is 1. The molecule has 0 N–H and O–H groups in total. The fourth-order valence-corrected chi connectivity index (χ4v) is 2.58. The number of halogens is 4. The molecule has 0 unspecified atom stereocenters. The summed E-state index contributed by atoms with van der Waals surface area (Å²) < 4.78 is 59.6. The van der Waals surface area contributed by atoms with Gasteiger partial charge in [0.25, 0.3) is 15.0 Å². The third-order valence-corrected chi connectivity index (χ3v) is 4.25. The Balaban J connectivity index is 3.30. The summed E-state index contributed by atoms with van der Waals surface area (Å²) in [5, 5.41) is 0. The average molecular weight is 344 g/mol. The highest BCUT2D eigenvalue weighted by atomic mass is 35.7. The number of nitrogens with zero attached hydrogens (tertiary/aromatic N) is 1. The Hall–Kier alpha value is -1.28. The van der Waals surface area contributed by atoms with Crippen molar-refractivity contribution in [2.24, 2.45) is 0 Å². The van der Waals surface area contributed by atoms with Gasteiger partial charge in [-0.25, -0.2) is 8.42 Å². The third kappa shape index (κ3) is 4.60. The van der Waals surface area contributed by atoms with Crippen molar-refractivity contribution in [2.75, 3.05) is 13.6 Å². The SMILES string of the molecule is Cc1cc(S(=O)(=O)Cl)cc(C(=O)N(C)CC(F)(F)F)c1C. The largest absolute Gasteiger partial charge is 0.406 e. The lowest BCUT2D eigenvalue weighted by Gasteiger charge is -2.20. The number of aryl methyl sites for hydroxylation is 1. The van der Waals surface area contributed by atoms with E-state index in [1.807, 2.05) is 0 Å². The molecule has 0 bridgehead atoms. The van der Waals surface area contributed by atoms with E-state index >= 15 is 0 Å². The van der Waals surface area contributed by atoms with Gasteiger partial charge in [-0.2, -0.15) is 13.2 Å². The summed E-state index contributed by atoms with van der Waals surface area (Å²) in [6.45, 7) is 1.64. The molecule has 9 heteroatoms. The molecular formula is C12H13ClF3NO3S. The molecule has 0 heterocycles. The molecule has 0 radical (unpaired) electrons. The first-order chi connectivity index (χ1) is 9.33. The summed E-state index contributed by atoms with van der Waals surface area (Å²) in [6.07, 6.45) is -4.54. The lowest BCUT2D eigenvalue weighted by molar-refractivity contribution is -0.138. The first-order valence-electron chi connectivity index (χ1n) is 5.71. The van der Waals surface area contributed by atoms with E-state index in [1.54, 1.807) is 6.92 Å². The molecule has 118 valence electrons. The fraction of sp³-hybridized carbons (Fsp3) is 0.417. The van der Waals surface area contributed by atoms with Gasteiger partial charge in [0.15, 0.2) is 0 Å². The molecule has 1 aromatic rings. The van der Waals surface area contributed by atoms with E-state index in [4.69, 9.17) is 10.7 Å². The van der Waals surface area contributed by atoms with Crippen molar-refractivity contribution in [1.82, 2.24) is 4.90 Å². The van der Waals surface area contributed by atoms with Crippen molar-refractivity contribution < 1.29 is 26.4 Å². The van der Waals surface area contributed by atoms with Crippen molar-refractivity contribution in [3.63, 3.8) is 0 Å². The van der Waals surface area contributed by atoms with Crippen LogP contribution in [0.2, 0.25) is 0 Å². The van der Waals surface area contributed by atoms with Crippen molar-refractivity contribution in [3.05, 3.63) is 28.8 Å². The van der Waals surface area contributed by atoms with Crippen LogP contribution in [0.4, 0.5) is 13.2 Å². The molecule has 1 rings (SSSR count). The highest BCUT2D eigenvalue weighted by Gasteiger charge is 2.32. The van der Waals surface area contributed by atoms with E-state index in [0.29, 0.717) is 16.0 Å². The number of carbonyl (C=O) groups is 1. The zero-order valence-electron chi connectivity index (χ0n) is 11.5. The van der Waals surface area contributed by atoms with Crippen LogP contribution in [0.1, 0.15) is 21.5 Å². The molecule has 21 heavy (non-hydrogen) atoms. The normalized spacial score (nSPS) is 12.3. The first-order valence-corrected chi connectivity index (χ1v) is 8.02. The minimum atomic E-state index is -4.54. The average Bonchev–Trinajstić information content (AvgIpc) is 2.27. The van der Waals surface area contributed by atoms with Crippen LogP contribution in [0.25, 0.3) is 0 Å². The topological polar surface area (TPSA) is 54.5 Å². The van der Waals surface area contributed by atoms with Gasteiger partial charge >= 0.3 is 6.18 Å². The Morgan fingerprint density at radius 3 is 2.24 bits per heavy atom. The molecule has 0 saturated carbocycles. The summed E-state index contributed by atoms with van der Waals surface area (Å²) in [5.41, 5.74) is 0.722. The second kappa shape index (κ2) is 5.84. The molecule has 0 aliphatic carbocycles. The standard InChI is InChI=1S/C12H13ClF3NO3S/c1-7-4-9(21(13,19)20)5-10(8(7)2)11(18)17(3)6-12(14,15)16/h4-5H,6H2,1-3H3. The smallest absolute Gasteiger partial charge is 0.333 e. The van der Waals surface area contributed by atoms with Gasteiger partial charge in [0.05, 0.1) is 4.90 Å². The number of alkyl halides is 3. The summed E-state index contributed by atoms with van der Waals surface area (Å²) in [4.78, 5) is 12.2. The molecule has 1 amide bonds. The monoisotopic (exact) mass is 343 g/mol. The van der Waals surface area contributed by atoms with Gasteiger partial charge in [0.2, 0.25) is 0 Å². The van der Waals surface area contributed by atoms with Gasteiger partial charge in [-0.1, -0.05) is 0 Å². The minimum absolute atomic E-state index is 0.124. The Labute approximate surface area is 124 Å². The van der Waals surface area contributed by atoms with Crippen LogP contribution in [-0.4, -0.2) is 39.0 Å². The van der Waals surface area contributed by atoms with Gasteiger partial charge in [-0.15, -0.1) is 0 Å². The number of benzene rings is 1. The van der Waals surface area contributed by atoms with Gasteiger partial charge in [0, 0.05) is 23.3 Å². The van der Waals surface area contributed by atoms with Gasteiger partial charge in [-0.3, -0.25) is 4.79 Å². The Kier molecular flexibility index (Phi) is 4.94. The molecule has 1 aromatic carbocycles. The number of hydrogen-bond donors (Lipinski definition) is 0. The van der Waals surface area contributed by atoms with E-state index in [1.165, 1.54) is 13.0 Å². The van der Waals surface area contributed by atoms with Crippen LogP contribution < -0.4 is 0 Å². The fourth-order valence-electron chi connectivity index (χ4n) is 1.74. The predicted octanol–water partition coefficient (Wildman–Crippen LogP) is 2.87. The van der Waals surface area contributed by atoms with Crippen molar-refractivity contribution >= 4 is 25.6 Å². The Morgan fingerprint density at radius 1 is 1.29 bits per heavy atom. The lowest BCUT2D eigenvalue weighted by Crippen LogP contribution is -2.36. The summed E-state index contributed by atoms with van der Waals surface area (Å²) in [7, 11) is 2.13. The Morgan fingerprint density at radius 2 is 1.81 bits per heavy atom. The van der Waals surface area contributed by atoms with E-state index in [-0.39, 0.29) is 10.5 Å². The van der Waals surface area contributed by atoms with Crippen molar-refractivity contribution in [1.29, 1.82) is 0 Å². The zero-order chi connectivity index (χ0) is 16.6. The van der Waals surface area contributed by atoms with E-state index < -0.39 is 27.7 Å². The van der Waals surface area contributed by atoms with Gasteiger partial charge in [0.1, 0.15) is 6.54 Å². The van der Waals surface area contributed by atoms with Crippen molar-refractivity contribution in [3.8, 4) is 0 Å². The highest BCUT2D eigenvalue weighted by Crippen LogP contribution is 2.24. The van der Waals surface area contributed by atoms with Crippen molar-refractivity contribution in [2.45, 2.75) is 24.9 Å². The summed E-state index contributed by atoms with van der Waals surface area (Å²) in [5.74, 6) is -0.921. The predicted molar refractivity (Wildman–Crippen MR) is 72.0 cm³/mol. The third-order valence-electron chi connectivity index (χ3n) is 2.92. The maximum Gasteiger partial charge on any atom is 0.406 e. The first kappa shape index (κ1) is 17.8. The molecular weight excluding hydrogens is 331 g/mol. The quantitative estimate of drug-likeness (QED) is 0.793. The maximum absolute atomic E-state index is 12.3. The summed E-state index contributed by atoms with van der Waals surface area (Å²) >= 11 is 0. The van der Waals surface area contributed by atoms with Gasteiger partial charge in [-0.05, 0) is 37.1 Å². The van der Waals surface area contributed by atoms with Crippen LogP contribution in [-0.2, 0) is 9.05 Å². The zero-order valence-corrected chi connectivity index (χ0v) is 13.0. The van der Waals surface area contributed by atoms with Gasteiger partial charge < -0.3 is 4.90 Å². The molecule has 0 atom stereocenters. The maximum atomic E-state index is 12.3. The Bertz CT molecular complexity index is 671. The molecule has 0 saturated heterocycles. The molecule has 0 fully saturated rings. The van der Waals surface area contributed by atoms with E-state index in [9.17, 15) is 26.4 Å². The highest BCUT2D eigenvalue weighted by molar-refractivity contribution is 8.13.